The van der Waals surface area contributed by atoms with Gasteiger partial charge in [0, 0.05) is 12.1 Å². The van der Waals surface area contributed by atoms with Crippen LogP contribution in [0.5, 0.6) is 11.5 Å². The van der Waals surface area contributed by atoms with E-state index in [0.717, 1.165) is 29.9 Å². The topological polar surface area (TPSA) is 97.1 Å². The molecule has 1 aliphatic carbocycles. The number of rotatable bonds is 10. The summed E-state index contributed by atoms with van der Waals surface area (Å²) in [5, 5.41) is 9.04. The quantitative estimate of drug-likeness (QED) is 0.235. The number of ether oxygens (including phenoxy) is 2. The van der Waals surface area contributed by atoms with Crippen molar-refractivity contribution in [3.63, 3.8) is 0 Å². The predicted octanol–water partition coefficient (Wildman–Crippen LogP) is 3.60. The van der Waals surface area contributed by atoms with Gasteiger partial charge in [-0.25, -0.2) is 4.99 Å². The van der Waals surface area contributed by atoms with Gasteiger partial charge < -0.3 is 29.8 Å². The Bertz CT molecular complexity index is 852. The molecule has 32 heavy (non-hydrogen) atoms. The molecule has 2 aromatic rings. The van der Waals surface area contributed by atoms with Crippen molar-refractivity contribution in [2.24, 2.45) is 4.99 Å². The van der Waals surface area contributed by atoms with Crippen LogP contribution in [0.1, 0.15) is 43.9 Å². The molecule has 1 aromatic carbocycles. The molecule has 176 valence electrons. The number of hydrogen-bond acceptors (Lipinski definition) is 5. The molecule has 1 fully saturated rings. The van der Waals surface area contributed by atoms with Gasteiger partial charge in [-0.1, -0.05) is 12.1 Å². The van der Waals surface area contributed by atoms with Gasteiger partial charge in [-0.15, -0.1) is 24.0 Å². The largest absolute Gasteiger partial charge is 0.493 e. The van der Waals surface area contributed by atoms with Gasteiger partial charge in [-0.3, -0.25) is 4.79 Å². The van der Waals surface area contributed by atoms with E-state index in [2.05, 4.69) is 20.9 Å². The number of aliphatic imine (C=N–C) groups is 1. The number of guanidine groups is 1. The van der Waals surface area contributed by atoms with Crippen LogP contribution in [0.15, 0.2) is 46.0 Å². The zero-order valence-corrected chi connectivity index (χ0v) is 21.0. The van der Waals surface area contributed by atoms with Gasteiger partial charge >= 0.3 is 0 Å². The maximum absolute atomic E-state index is 12.1. The number of benzene rings is 1. The van der Waals surface area contributed by atoms with Gasteiger partial charge in [0.25, 0.3) is 0 Å². The highest BCUT2D eigenvalue weighted by Gasteiger charge is 2.20. The van der Waals surface area contributed by atoms with Gasteiger partial charge in [-0.2, -0.15) is 0 Å². The van der Waals surface area contributed by atoms with Crippen molar-refractivity contribution >= 4 is 35.8 Å². The summed E-state index contributed by atoms with van der Waals surface area (Å²) in [6.45, 7) is 3.53. The first-order valence-electron chi connectivity index (χ1n) is 10.8. The number of hydrogen-bond donors (Lipinski definition) is 3. The average molecular weight is 556 g/mol. The number of furan rings is 1. The predicted molar refractivity (Wildman–Crippen MR) is 135 cm³/mol. The number of para-hydroxylation sites is 1. The van der Waals surface area contributed by atoms with Crippen molar-refractivity contribution in [2.45, 2.75) is 51.8 Å². The lowest BCUT2D eigenvalue weighted by atomic mass is 10.1. The minimum atomic E-state index is -0.145. The van der Waals surface area contributed by atoms with E-state index in [1.807, 2.05) is 31.2 Å². The molecule has 9 heteroatoms. The third-order valence-corrected chi connectivity index (χ3v) is 5.08. The fourth-order valence-electron chi connectivity index (χ4n) is 3.48. The number of nitrogens with one attached hydrogen (secondary N) is 3. The Kier molecular flexibility index (Phi) is 11.2. The molecule has 1 saturated carbocycles. The third kappa shape index (κ3) is 7.92. The summed E-state index contributed by atoms with van der Waals surface area (Å²) in [4.78, 5) is 16.8. The Morgan fingerprint density at radius 3 is 2.66 bits per heavy atom. The first-order valence-corrected chi connectivity index (χ1v) is 10.8. The zero-order chi connectivity index (χ0) is 21.9. The summed E-state index contributed by atoms with van der Waals surface area (Å²) >= 11 is 0. The van der Waals surface area contributed by atoms with E-state index in [4.69, 9.17) is 13.9 Å². The van der Waals surface area contributed by atoms with Gasteiger partial charge in [0.05, 0.1) is 39.1 Å². The minimum Gasteiger partial charge on any atom is -0.493 e. The van der Waals surface area contributed by atoms with Crippen LogP contribution in [0, 0.1) is 0 Å². The molecule has 0 radical (unpaired) electrons. The maximum atomic E-state index is 12.1. The van der Waals surface area contributed by atoms with Gasteiger partial charge in [0.15, 0.2) is 17.5 Å². The first-order chi connectivity index (χ1) is 15.2. The lowest BCUT2D eigenvalue weighted by molar-refractivity contribution is -0.120. The van der Waals surface area contributed by atoms with Gasteiger partial charge in [-0.05, 0) is 50.8 Å². The molecule has 3 N–H and O–H groups in total. The van der Waals surface area contributed by atoms with Crippen molar-refractivity contribution in [3.8, 4) is 11.5 Å². The Morgan fingerprint density at radius 2 is 1.97 bits per heavy atom. The molecular weight excluding hydrogens is 523 g/mol. The molecule has 1 heterocycles. The summed E-state index contributed by atoms with van der Waals surface area (Å²) in [6, 6.07) is 9.45. The van der Waals surface area contributed by atoms with Crippen molar-refractivity contribution < 1.29 is 18.7 Å². The van der Waals surface area contributed by atoms with Crippen molar-refractivity contribution in [2.75, 3.05) is 20.2 Å². The number of amides is 1. The standard InChI is InChI=1S/C23H32N4O4.HI/c1-3-24-23(27-16-21(28)25-15-19-11-7-13-30-19)26-14-17-8-6-12-20(29-2)22(17)31-18-9-4-5-10-18;/h6-8,11-13,18H,3-5,9-10,14-16H2,1-2H3,(H,25,28)(H2,24,26,27);1H. The molecule has 1 aromatic heterocycles. The average Bonchev–Trinajstić information content (AvgIpc) is 3.49. The molecule has 0 atom stereocenters. The Labute approximate surface area is 206 Å². The molecule has 0 aliphatic heterocycles. The van der Waals surface area contributed by atoms with Crippen LogP contribution in [-0.4, -0.2) is 38.2 Å². The van der Waals surface area contributed by atoms with E-state index in [1.165, 1.54) is 12.8 Å². The number of methoxy groups -OCH3 is 1. The minimum absolute atomic E-state index is 0. The number of nitrogens with zero attached hydrogens (tertiary/aromatic N) is 1. The lowest BCUT2D eigenvalue weighted by Crippen LogP contribution is -2.43. The van der Waals surface area contributed by atoms with E-state index < -0.39 is 0 Å². The number of carbonyl (C=O) groups is 1. The summed E-state index contributed by atoms with van der Waals surface area (Å²) in [7, 11) is 1.65. The molecule has 0 spiro atoms. The third-order valence-electron chi connectivity index (χ3n) is 5.08. The second-order valence-electron chi connectivity index (χ2n) is 7.38. The Hall–Kier alpha value is -2.43. The van der Waals surface area contributed by atoms with Crippen molar-refractivity contribution in [3.05, 3.63) is 47.9 Å². The van der Waals surface area contributed by atoms with Crippen LogP contribution < -0.4 is 25.4 Å². The second kappa shape index (κ2) is 13.9. The van der Waals surface area contributed by atoms with E-state index >= 15 is 0 Å². The number of halogens is 1. The SMILES string of the molecule is CCNC(=NCc1cccc(OC)c1OC1CCCC1)NCC(=O)NCc1ccco1.I. The highest BCUT2D eigenvalue weighted by molar-refractivity contribution is 14.0. The smallest absolute Gasteiger partial charge is 0.239 e. The van der Waals surface area contributed by atoms with Crippen LogP contribution in [0.3, 0.4) is 0 Å². The van der Waals surface area contributed by atoms with Crippen LogP contribution >= 0.6 is 24.0 Å². The summed E-state index contributed by atoms with van der Waals surface area (Å²) in [6.07, 6.45) is 6.34. The monoisotopic (exact) mass is 556 g/mol. The maximum Gasteiger partial charge on any atom is 0.239 e. The molecule has 3 rings (SSSR count). The molecule has 0 unspecified atom stereocenters. The van der Waals surface area contributed by atoms with Crippen molar-refractivity contribution in [1.29, 1.82) is 0 Å². The van der Waals surface area contributed by atoms with Crippen LogP contribution in [0.4, 0.5) is 0 Å². The highest BCUT2D eigenvalue weighted by atomic mass is 127. The first kappa shape index (κ1) is 25.8. The van der Waals surface area contributed by atoms with E-state index in [9.17, 15) is 4.79 Å². The molecule has 1 amide bonds. The Morgan fingerprint density at radius 1 is 1.16 bits per heavy atom. The Balaban J connectivity index is 0.00000363. The van der Waals surface area contributed by atoms with E-state index in [1.54, 1.807) is 19.4 Å². The summed E-state index contributed by atoms with van der Waals surface area (Å²) in [5.74, 6) is 2.60. The van der Waals surface area contributed by atoms with Crippen LogP contribution in [-0.2, 0) is 17.9 Å². The van der Waals surface area contributed by atoms with E-state index in [0.29, 0.717) is 31.4 Å². The lowest BCUT2D eigenvalue weighted by Gasteiger charge is -2.19. The normalized spacial score (nSPS) is 13.9. The fraction of sp³-hybridized carbons (Fsp3) is 0.478. The summed E-state index contributed by atoms with van der Waals surface area (Å²) in [5.41, 5.74) is 0.950. The van der Waals surface area contributed by atoms with Gasteiger partial charge in [0.2, 0.25) is 5.91 Å². The summed E-state index contributed by atoms with van der Waals surface area (Å²) < 4.78 is 17.0. The van der Waals surface area contributed by atoms with Crippen molar-refractivity contribution in [1.82, 2.24) is 16.0 Å². The fourth-order valence-corrected chi connectivity index (χ4v) is 3.48. The highest BCUT2D eigenvalue weighted by Crippen LogP contribution is 2.35. The van der Waals surface area contributed by atoms with Crippen LogP contribution in [0.25, 0.3) is 0 Å². The molecule has 0 bridgehead atoms. The molecule has 0 saturated heterocycles. The zero-order valence-electron chi connectivity index (χ0n) is 18.7. The molecule has 1 aliphatic rings. The molecular formula is C23H33IN4O4. The second-order valence-corrected chi connectivity index (χ2v) is 7.38. The molecule has 8 nitrogen and oxygen atoms in total. The van der Waals surface area contributed by atoms with Crippen LogP contribution in [0.2, 0.25) is 0 Å². The van der Waals surface area contributed by atoms with Gasteiger partial charge in [0.1, 0.15) is 5.76 Å². The van der Waals surface area contributed by atoms with E-state index in [-0.39, 0.29) is 42.5 Å². The number of carbonyl (C=O) groups excluding carboxylic acids is 1.